The largest absolute Gasteiger partial charge is 0.325 e. The van der Waals surface area contributed by atoms with Crippen molar-refractivity contribution < 1.29 is 13.2 Å². The average molecular weight is 414 g/mol. The number of sulfonamides is 1. The molecule has 1 unspecified atom stereocenters. The molecule has 140 valence electrons. The van der Waals surface area contributed by atoms with Gasteiger partial charge in [0.15, 0.2) is 0 Å². The Morgan fingerprint density at radius 1 is 1.15 bits per heavy atom. The first-order valence-corrected chi connectivity index (χ1v) is 10.9. The Morgan fingerprint density at radius 2 is 1.81 bits per heavy atom. The number of rotatable bonds is 5. The Kier molecular flexibility index (Phi) is 5.99. The van der Waals surface area contributed by atoms with Gasteiger partial charge in [-0.05, 0) is 42.6 Å². The number of benzene rings is 1. The second-order valence-corrected chi connectivity index (χ2v) is 9.59. The van der Waals surface area contributed by atoms with Gasteiger partial charge in [-0.2, -0.15) is 4.31 Å². The first kappa shape index (κ1) is 19.3. The number of hydrogen-bond acceptors (Lipinski definition) is 5. The fourth-order valence-corrected chi connectivity index (χ4v) is 5.51. The normalized spacial score (nSPS) is 17.8. The lowest BCUT2D eigenvalue weighted by Gasteiger charge is -2.36. The van der Waals surface area contributed by atoms with E-state index >= 15 is 0 Å². The van der Waals surface area contributed by atoms with Crippen molar-refractivity contribution in [3.05, 3.63) is 46.8 Å². The zero-order valence-electron chi connectivity index (χ0n) is 14.3. The van der Waals surface area contributed by atoms with Gasteiger partial charge in [0, 0.05) is 36.9 Å². The molecule has 1 aromatic carbocycles. The van der Waals surface area contributed by atoms with Crippen LogP contribution in [-0.4, -0.2) is 55.8 Å². The minimum absolute atomic E-state index is 0.123. The number of thiophene rings is 1. The molecule has 3 rings (SSSR count). The Balaban J connectivity index is 1.57. The lowest BCUT2D eigenvalue weighted by atomic mass is 10.2. The average Bonchev–Trinajstić information content (AvgIpc) is 3.18. The molecule has 0 aliphatic carbocycles. The van der Waals surface area contributed by atoms with E-state index in [1.54, 1.807) is 41.8 Å². The van der Waals surface area contributed by atoms with Gasteiger partial charge in [-0.15, -0.1) is 11.3 Å². The molecule has 1 aliphatic rings. The van der Waals surface area contributed by atoms with Gasteiger partial charge in [-0.3, -0.25) is 9.69 Å². The van der Waals surface area contributed by atoms with Gasteiger partial charge in [0.1, 0.15) is 4.21 Å². The van der Waals surface area contributed by atoms with Crippen LogP contribution in [0, 0.1) is 0 Å². The van der Waals surface area contributed by atoms with Gasteiger partial charge < -0.3 is 5.32 Å². The van der Waals surface area contributed by atoms with E-state index in [-0.39, 0.29) is 11.9 Å². The maximum atomic E-state index is 12.6. The Hall–Kier alpha value is -1.45. The molecule has 0 saturated carbocycles. The Morgan fingerprint density at radius 3 is 2.38 bits per heavy atom. The standard InChI is InChI=1S/C17H20ClN3O3S2/c1-13(17(22)19-15-6-4-14(18)5-7-15)20-8-10-21(11-9-20)26(23,24)16-3-2-12-25-16/h2-7,12-13H,8-11H2,1H3,(H,19,22). The zero-order valence-corrected chi connectivity index (χ0v) is 16.6. The lowest BCUT2D eigenvalue weighted by Crippen LogP contribution is -2.53. The van der Waals surface area contributed by atoms with Crippen molar-refractivity contribution >= 4 is 44.6 Å². The summed E-state index contributed by atoms with van der Waals surface area (Å²) in [7, 11) is -3.43. The number of carbonyl (C=O) groups is 1. The molecule has 1 amide bonds. The predicted molar refractivity (Wildman–Crippen MR) is 104 cm³/mol. The van der Waals surface area contributed by atoms with Crippen LogP contribution in [-0.2, 0) is 14.8 Å². The van der Waals surface area contributed by atoms with E-state index in [1.165, 1.54) is 15.6 Å². The highest BCUT2D eigenvalue weighted by molar-refractivity contribution is 7.91. The van der Waals surface area contributed by atoms with Crippen molar-refractivity contribution in [2.75, 3.05) is 31.5 Å². The number of amides is 1. The number of halogens is 1. The molecule has 1 N–H and O–H groups in total. The maximum Gasteiger partial charge on any atom is 0.252 e. The van der Waals surface area contributed by atoms with Gasteiger partial charge >= 0.3 is 0 Å². The number of anilines is 1. The molecule has 1 fully saturated rings. The fourth-order valence-electron chi connectivity index (χ4n) is 2.81. The summed E-state index contributed by atoms with van der Waals surface area (Å²) in [6, 6.07) is 9.94. The van der Waals surface area contributed by atoms with E-state index in [0.29, 0.717) is 41.1 Å². The molecule has 1 atom stereocenters. The molecule has 0 bridgehead atoms. The van der Waals surface area contributed by atoms with Crippen LogP contribution in [0.15, 0.2) is 46.0 Å². The quantitative estimate of drug-likeness (QED) is 0.818. The molecule has 9 heteroatoms. The fraction of sp³-hybridized carbons (Fsp3) is 0.353. The van der Waals surface area contributed by atoms with Gasteiger partial charge in [0.25, 0.3) is 10.0 Å². The summed E-state index contributed by atoms with van der Waals surface area (Å²) in [5.74, 6) is -0.123. The highest BCUT2D eigenvalue weighted by Crippen LogP contribution is 2.22. The minimum Gasteiger partial charge on any atom is -0.325 e. The molecule has 1 aliphatic heterocycles. The summed E-state index contributed by atoms with van der Waals surface area (Å²) in [5.41, 5.74) is 0.685. The monoisotopic (exact) mass is 413 g/mol. The molecule has 6 nitrogen and oxygen atoms in total. The van der Waals surface area contributed by atoms with Crippen molar-refractivity contribution in [1.29, 1.82) is 0 Å². The second kappa shape index (κ2) is 8.06. The molecule has 1 aromatic heterocycles. The van der Waals surface area contributed by atoms with E-state index in [9.17, 15) is 13.2 Å². The highest BCUT2D eigenvalue weighted by Gasteiger charge is 2.32. The summed E-state index contributed by atoms with van der Waals surface area (Å²) < 4.78 is 27.0. The molecule has 0 spiro atoms. The zero-order chi connectivity index (χ0) is 18.7. The molecule has 1 saturated heterocycles. The van der Waals surface area contributed by atoms with E-state index in [1.807, 2.05) is 11.8 Å². The summed E-state index contributed by atoms with van der Waals surface area (Å²) in [6.07, 6.45) is 0. The maximum absolute atomic E-state index is 12.6. The van der Waals surface area contributed by atoms with E-state index < -0.39 is 10.0 Å². The van der Waals surface area contributed by atoms with Crippen LogP contribution in [0.4, 0.5) is 5.69 Å². The van der Waals surface area contributed by atoms with Gasteiger partial charge in [0.2, 0.25) is 5.91 Å². The molecule has 2 aromatic rings. The van der Waals surface area contributed by atoms with Crippen LogP contribution in [0.25, 0.3) is 0 Å². The third kappa shape index (κ3) is 4.27. The first-order valence-electron chi connectivity index (χ1n) is 8.22. The first-order chi connectivity index (χ1) is 12.4. The van der Waals surface area contributed by atoms with Crippen LogP contribution >= 0.6 is 22.9 Å². The summed E-state index contributed by atoms with van der Waals surface area (Å²) in [4.78, 5) is 14.4. The summed E-state index contributed by atoms with van der Waals surface area (Å²) in [5, 5.41) is 5.23. The van der Waals surface area contributed by atoms with Crippen molar-refractivity contribution in [2.45, 2.75) is 17.2 Å². The van der Waals surface area contributed by atoms with Gasteiger partial charge in [0.05, 0.1) is 6.04 Å². The van der Waals surface area contributed by atoms with E-state index in [4.69, 9.17) is 11.6 Å². The van der Waals surface area contributed by atoms with Crippen LogP contribution in [0.2, 0.25) is 5.02 Å². The van der Waals surface area contributed by atoms with Crippen LogP contribution in [0.5, 0.6) is 0 Å². The molecule has 2 heterocycles. The molecular formula is C17H20ClN3O3S2. The molecular weight excluding hydrogens is 394 g/mol. The van der Waals surface area contributed by atoms with Crippen LogP contribution < -0.4 is 5.32 Å². The SMILES string of the molecule is CC(C(=O)Nc1ccc(Cl)cc1)N1CCN(S(=O)(=O)c2cccs2)CC1. The van der Waals surface area contributed by atoms with Gasteiger partial charge in [-0.25, -0.2) is 8.42 Å². The number of hydrogen-bond donors (Lipinski definition) is 1. The Labute approximate surface area is 162 Å². The number of carbonyl (C=O) groups excluding carboxylic acids is 1. The van der Waals surface area contributed by atoms with E-state index in [0.717, 1.165) is 0 Å². The van der Waals surface area contributed by atoms with Crippen LogP contribution in [0.3, 0.4) is 0 Å². The third-order valence-corrected chi connectivity index (χ3v) is 7.93. The van der Waals surface area contributed by atoms with Crippen molar-refractivity contribution in [1.82, 2.24) is 9.21 Å². The van der Waals surface area contributed by atoms with Crippen molar-refractivity contribution in [3.63, 3.8) is 0 Å². The molecule has 0 radical (unpaired) electrons. The van der Waals surface area contributed by atoms with Gasteiger partial charge in [-0.1, -0.05) is 17.7 Å². The highest BCUT2D eigenvalue weighted by atomic mass is 35.5. The van der Waals surface area contributed by atoms with Crippen molar-refractivity contribution in [3.8, 4) is 0 Å². The lowest BCUT2D eigenvalue weighted by molar-refractivity contribution is -0.121. The number of piperazine rings is 1. The number of nitrogens with zero attached hydrogens (tertiary/aromatic N) is 2. The van der Waals surface area contributed by atoms with Crippen LogP contribution in [0.1, 0.15) is 6.92 Å². The predicted octanol–water partition coefficient (Wildman–Crippen LogP) is 2.74. The smallest absolute Gasteiger partial charge is 0.252 e. The topological polar surface area (TPSA) is 69.7 Å². The molecule has 26 heavy (non-hydrogen) atoms. The second-order valence-electron chi connectivity index (χ2n) is 6.04. The number of nitrogens with one attached hydrogen (secondary N) is 1. The van der Waals surface area contributed by atoms with Crippen molar-refractivity contribution in [2.24, 2.45) is 0 Å². The summed E-state index contributed by atoms with van der Waals surface area (Å²) in [6.45, 7) is 3.60. The summed E-state index contributed by atoms with van der Waals surface area (Å²) >= 11 is 7.07. The Bertz CT molecular complexity index is 846. The third-order valence-electron chi connectivity index (χ3n) is 4.40. The van der Waals surface area contributed by atoms with E-state index in [2.05, 4.69) is 5.32 Å². The minimum atomic E-state index is -3.43.